The molecule has 0 aromatic heterocycles. The molecule has 2 fully saturated rings. The number of nitrogens with zero attached hydrogens (tertiary/aromatic N) is 1. The normalized spacial score (nSPS) is 32.2. The van der Waals surface area contributed by atoms with Crippen LogP contribution in [-0.2, 0) is 4.79 Å². The molecule has 2 aliphatic carbocycles. The van der Waals surface area contributed by atoms with Gasteiger partial charge in [-0.05, 0) is 49.7 Å². The molecule has 2 saturated carbocycles. The summed E-state index contributed by atoms with van der Waals surface area (Å²) in [6.45, 7) is 2.03. The van der Waals surface area contributed by atoms with Gasteiger partial charge in [0.05, 0.1) is 12.0 Å². The monoisotopic (exact) mass is 306 g/mol. The van der Waals surface area contributed by atoms with Crippen molar-refractivity contribution in [3.8, 4) is 0 Å². The van der Waals surface area contributed by atoms with E-state index < -0.39 is 0 Å². The third-order valence-corrected chi connectivity index (χ3v) is 5.89. The van der Waals surface area contributed by atoms with Crippen LogP contribution in [0.5, 0.6) is 0 Å². The number of nitrogens with two attached hydrogens (primary N) is 1. The molecular formula is C17H23ClN2O. The molecule has 2 bridgehead atoms. The third-order valence-electron chi connectivity index (χ3n) is 5.55. The van der Waals surface area contributed by atoms with Crippen molar-refractivity contribution < 1.29 is 4.79 Å². The van der Waals surface area contributed by atoms with Crippen LogP contribution >= 0.6 is 11.6 Å². The van der Waals surface area contributed by atoms with Gasteiger partial charge in [0.1, 0.15) is 0 Å². The van der Waals surface area contributed by atoms with Crippen molar-refractivity contribution in [2.75, 3.05) is 7.05 Å². The van der Waals surface area contributed by atoms with Crippen molar-refractivity contribution in [2.24, 2.45) is 23.5 Å². The molecule has 5 atom stereocenters. The van der Waals surface area contributed by atoms with E-state index in [1.165, 1.54) is 6.42 Å². The highest BCUT2D eigenvalue weighted by Gasteiger charge is 2.50. The Bertz CT molecular complexity index is 545. The number of rotatable bonds is 3. The fourth-order valence-electron chi connectivity index (χ4n) is 4.15. The van der Waals surface area contributed by atoms with E-state index in [1.54, 1.807) is 0 Å². The highest BCUT2D eigenvalue weighted by molar-refractivity contribution is 6.31. The molecule has 3 nitrogen and oxygen atoms in total. The Hall–Kier alpha value is -1.06. The lowest BCUT2D eigenvalue weighted by Crippen LogP contribution is -2.46. The summed E-state index contributed by atoms with van der Waals surface area (Å²) in [6, 6.07) is 7.73. The van der Waals surface area contributed by atoms with Gasteiger partial charge in [0.15, 0.2) is 0 Å². The lowest BCUT2D eigenvalue weighted by Gasteiger charge is -2.34. The molecule has 1 amide bonds. The maximum atomic E-state index is 12.9. The molecule has 5 unspecified atom stereocenters. The summed E-state index contributed by atoms with van der Waals surface area (Å²) < 4.78 is 0. The third kappa shape index (κ3) is 2.47. The van der Waals surface area contributed by atoms with Gasteiger partial charge in [-0.25, -0.2) is 0 Å². The first kappa shape index (κ1) is 14.9. The number of hydrogen-bond donors (Lipinski definition) is 1. The molecule has 0 heterocycles. The standard InChI is InChI=1S/C17H23ClN2O/c1-10(13-5-3-4-6-14(13)18)20(2)17(21)15-11-7-8-12(9-11)16(15)19/h3-6,10-12,15-16H,7-9,19H2,1-2H3. The zero-order chi connectivity index (χ0) is 15.1. The van der Waals surface area contributed by atoms with Crippen molar-refractivity contribution in [3.63, 3.8) is 0 Å². The zero-order valence-corrected chi connectivity index (χ0v) is 13.4. The maximum absolute atomic E-state index is 12.9. The van der Waals surface area contributed by atoms with E-state index in [1.807, 2.05) is 43.1 Å². The molecule has 4 heteroatoms. The highest BCUT2D eigenvalue weighted by Crippen LogP contribution is 2.48. The fraction of sp³-hybridized carbons (Fsp3) is 0.588. The number of amides is 1. The molecule has 0 saturated heterocycles. The van der Waals surface area contributed by atoms with Gasteiger partial charge in [-0.2, -0.15) is 0 Å². The van der Waals surface area contributed by atoms with Crippen LogP contribution in [0.4, 0.5) is 0 Å². The van der Waals surface area contributed by atoms with Gasteiger partial charge in [0.2, 0.25) is 5.91 Å². The molecular weight excluding hydrogens is 284 g/mol. The molecule has 1 aromatic carbocycles. The first-order chi connectivity index (χ1) is 10.0. The van der Waals surface area contributed by atoms with Gasteiger partial charge in [-0.1, -0.05) is 29.8 Å². The minimum Gasteiger partial charge on any atom is -0.339 e. The molecule has 114 valence electrons. The first-order valence-corrected chi connectivity index (χ1v) is 8.15. The maximum Gasteiger partial charge on any atom is 0.227 e. The average molecular weight is 307 g/mol. The highest BCUT2D eigenvalue weighted by atomic mass is 35.5. The minimum atomic E-state index is -0.0301. The van der Waals surface area contributed by atoms with Crippen LogP contribution in [0.2, 0.25) is 5.02 Å². The lowest BCUT2D eigenvalue weighted by molar-refractivity contribution is -0.138. The smallest absolute Gasteiger partial charge is 0.227 e. The van der Waals surface area contributed by atoms with E-state index in [4.69, 9.17) is 17.3 Å². The van der Waals surface area contributed by atoms with Crippen LogP contribution in [0.1, 0.15) is 37.8 Å². The molecule has 0 spiro atoms. The summed E-state index contributed by atoms with van der Waals surface area (Å²) in [5.74, 6) is 1.21. The Kier molecular flexibility index (Phi) is 3.98. The molecule has 1 aromatic rings. The molecule has 2 aliphatic rings. The summed E-state index contributed by atoms with van der Waals surface area (Å²) in [4.78, 5) is 14.7. The van der Waals surface area contributed by atoms with E-state index >= 15 is 0 Å². The van der Waals surface area contributed by atoms with Crippen molar-refractivity contribution in [2.45, 2.75) is 38.3 Å². The SMILES string of the molecule is CC(c1ccccc1Cl)N(C)C(=O)C1C2CCC(C2)C1N. The van der Waals surface area contributed by atoms with Crippen molar-refractivity contribution in [1.29, 1.82) is 0 Å². The van der Waals surface area contributed by atoms with Crippen molar-refractivity contribution >= 4 is 17.5 Å². The van der Waals surface area contributed by atoms with E-state index in [2.05, 4.69) is 0 Å². The molecule has 2 N–H and O–H groups in total. The number of carbonyl (C=O) groups excluding carboxylic acids is 1. The summed E-state index contributed by atoms with van der Waals surface area (Å²) in [7, 11) is 1.87. The first-order valence-electron chi connectivity index (χ1n) is 7.77. The number of carbonyl (C=O) groups is 1. The lowest BCUT2D eigenvalue weighted by atomic mass is 9.83. The average Bonchev–Trinajstić information content (AvgIpc) is 3.06. The van der Waals surface area contributed by atoms with Gasteiger partial charge >= 0.3 is 0 Å². The van der Waals surface area contributed by atoms with Crippen LogP contribution in [0.25, 0.3) is 0 Å². The predicted octanol–water partition coefficient (Wildman–Crippen LogP) is 3.23. The number of halogens is 1. The van der Waals surface area contributed by atoms with Gasteiger partial charge in [-0.15, -0.1) is 0 Å². The second kappa shape index (κ2) is 5.62. The van der Waals surface area contributed by atoms with Crippen molar-refractivity contribution in [3.05, 3.63) is 34.9 Å². The molecule has 0 radical (unpaired) electrons. The summed E-state index contributed by atoms with van der Waals surface area (Å²) in [6.07, 6.45) is 3.48. The zero-order valence-electron chi connectivity index (χ0n) is 12.6. The fourth-order valence-corrected chi connectivity index (χ4v) is 4.44. The van der Waals surface area contributed by atoms with Crippen LogP contribution in [0.3, 0.4) is 0 Å². The van der Waals surface area contributed by atoms with E-state index in [0.29, 0.717) is 16.9 Å². The largest absolute Gasteiger partial charge is 0.339 e. The number of fused-ring (bicyclic) bond motifs is 2. The topological polar surface area (TPSA) is 46.3 Å². The molecule has 3 rings (SSSR count). The molecule has 0 aliphatic heterocycles. The van der Waals surface area contributed by atoms with Crippen LogP contribution < -0.4 is 5.73 Å². The minimum absolute atomic E-state index is 0.00122. The van der Waals surface area contributed by atoms with Crippen LogP contribution in [0.15, 0.2) is 24.3 Å². The predicted molar refractivity (Wildman–Crippen MR) is 84.9 cm³/mol. The van der Waals surface area contributed by atoms with Gasteiger partial charge in [0.25, 0.3) is 0 Å². The van der Waals surface area contributed by atoms with E-state index in [-0.39, 0.29) is 23.9 Å². The van der Waals surface area contributed by atoms with Gasteiger partial charge in [0, 0.05) is 18.1 Å². The van der Waals surface area contributed by atoms with Crippen molar-refractivity contribution in [1.82, 2.24) is 4.90 Å². The Morgan fingerprint density at radius 2 is 2.00 bits per heavy atom. The summed E-state index contributed by atoms with van der Waals surface area (Å²) in [5, 5.41) is 0.710. The summed E-state index contributed by atoms with van der Waals surface area (Å²) in [5.41, 5.74) is 7.29. The van der Waals surface area contributed by atoms with Gasteiger partial charge < -0.3 is 10.6 Å². The number of hydrogen-bond acceptors (Lipinski definition) is 2. The second-order valence-corrected chi connectivity index (χ2v) is 6.99. The van der Waals surface area contributed by atoms with E-state index in [9.17, 15) is 4.79 Å². The Morgan fingerprint density at radius 1 is 1.33 bits per heavy atom. The Morgan fingerprint density at radius 3 is 2.62 bits per heavy atom. The Labute approximate surface area is 131 Å². The quantitative estimate of drug-likeness (QED) is 0.932. The molecule has 21 heavy (non-hydrogen) atoms. The number of benzene rings is 1. The Balaban J connectivity index is 1.77. The van der Waals surface area contributed by atoms with Crippen LogP contribution in [0, 0.1) is 17.8 Å². The second-order valence-electron chi connectivity index (χ2n) is 6.58. The van der Waals surface area contributed by atoms with Gasteiger partial charge in [-0.3, -0.25) is 4.79 Å². The van der Waals surface area contributed by atoms with E-state index in [0.717, 1.165) is 18.4 Å². The summed E-state index contributed by atoms with van der Waals surface area (Å²) >= 11 is 6.26. The van der Waals surface area contributed by atoms with Crippen LogP contribution in [-0.4, -0.2) is 23.9 Å².